The standard InChI is InChI=1S/C9H11FN2O2/c10-7-2-1-3-8(6-7)14-5-4-9(13)12-11/h1-3,6H,4-5,11H2,(H,12,13). The summed E-state index contributed by atoms with van der Waals surface area (Å²) >= 11 is 0. The van der Waals surface area contributed by atoms with Crippen molar-refractivity contribution in [3.63, 3.8) is 0 Å². The van der Waals surface area contributed by atoms with Gasteiger partial charge in [0.15, 0.2) is 0 Å². The summed E-state index contributed by atoms with van der Waals surface area (Å²) < 4.78 is 17.7. The molecule has 0 fully saturated rings. The monoisotopic (exact) mass is 198 g/mol. The Morgan fingerprint density at radius 3 is 3.00 bits per heavy atom. The Balaban J connectivity index is 2.35. The number of ether oxygens (including phenoxy) is 1. The summed E-state index contributed by atoms with van der Waals surface area (Å²) in [4.78, 5) is 10.7. The lowest BCUT2D eigenvalue weighted by atomic mass is 10.3. The predicted molar refractivity (Wildman–Crippen MR) is 48.8 cm³/mol. The minimum Gasteiger partial charge on any atom is -0.493 e. The van der Waals surface area contributed by atoms with E-state index >= 15 is 0 Å². The van der Waals surface area contributed by atoms with E-state index in [9.17, 15) is 9.18 Å². The van der Waals surface area contributed by atoms with Crippen LogP contribution in [-0.2, 0) is 4.79 Å². The second-order valence-electron chi connectivity index (χ2n) is 2.62. The van der Waals surface area contributed by atoms with Crippen molar-refractivity contribution in [3.05, 3.63) is 30.1 Å². The second-order valence-corrected chi connectivity index (χ2v) is 2.62. The van der Waals surface area contributed by atoms with Gasteiger partial charge < -0.3 is 4.74 Å². The summed E-state index contributed by atoms with van der Waals surface area (Å²) in [6.07, 6.45) is 0.146. The highest BCUT2D eigenvalue weighted by Crippen LogP contribution is 2.11. The van der Waals surface area contributed by atoms with Crippen LogP contribution in [0.5, 0.6) is 5.75 Å². The molecular formula is C9H11FN2O2. The Bertz CT molecular complexity index is 317. The summed E-state index contributed by atoms with van der Waals surface area (Å²) in [5.41, 5.74) is 1.97. The van der Waals surface area contributed by atoms with E-state index < -0.39 is 0 Å². The highest BCUT2D eigenvalue weighted by atomic mass is 19.1. The first-order valence-electron chi connectivity index (χ1n) is 4.10. The van der Waals surface area contributed by atoms with Gasteiger partial charge >= 0.3 is 0 Å². The van der Waals surface area contributed by atoms with Crippen molar-refractivity contribution in [2.45, 2.75) is 6.42 Å². The number of nitrogens with two attached hydrogens (primary N) is 1. The maximum absolute atomic E-state index is 12.6. The minimum atomic E-state index is -0.370. The van der Waals surface area contributed by atoms with Gasteiger partial charge in [-0.1, -0.05) is 6.07 Å². The molecule has 3 N–H and O–H groups in total. The molecule has 5 heteroatoms. The first-order chi connectivity index (χ1) is 6.72. The van der Waals surface area contributed by atoms with Crippen LogP contribution in [0.25, 0.3) is 0 Å². The number of halogens is 1. The third kappa shape index (κ3) is 3.40. The Kier molecular flexibility index (Phi) is 3.87. The maximum Gasteiger partial charge on any atom is 0.237 e. The van der Waals surface area contributed by atoms with Gasteiger partial charge in [-0.3, -0.25) is 10.2 Å². The van der Waals surface area contributed by atoms with E-state index in [2.05, 4.69) is 0 Å². The lowest BCUT2D eigenvalue weighted by Gasteiger charge is -2.04. The third-order valence-corrected chi connectivity index (χ3v) is 1.55. The van der Waals surface area contributed by atoms with Crippen molar-refractivity contribution in [1.29, 1.82) is 0 Å². The average Bonchev–Trinajstić information content (AvgIpc) is 2.17. The largest absolute Gasteiger partial charge is 0.493 e. The molecule has 0 aromatic heterocycles. The van der Waals surface area contributed by atoms with Crippen LogP contribution in [0.3, 0.4) is 0 Å². The van der Waals surface area contributed by atoms with Gasteiger partial charge in [0.2, 0.25) is 5.91 Å². The molecule has 0 aliphatic carbocycles. The van der Waals surface area contributed by atoms with E-state index in [-0.39, 0.29) is 24.8 Å². The number of carbonyl (C=O) groups excluding carboxylic acids is 1. The molecule has 0 aliphatic rings. The van der Waals surface area contributed by atoms with Gasteiger partial charge in [0.1, 0.15) is 11.6 Å². The van der Waals surface area contributed by atoms with Crippen LogP contribution >= 0.6 is 0 Å². The predicted octanol–water partition coefficient (Wildman–Crippen LogP) is 0.584. The molecule has 1 aromatic rings. The molecule has 0 heterocycles. The highest BCUT2D eigenvalue weighted by Gasteiger charge is 1.99. The maximum atomic E-state index is 12.6. The lowest BCUT2D eigenvalue weighted by molar-refractivity contribution is -0.121. The van der Waals surface area contributed by atoms with Gasteiger partial charge in [-0.25, -0.2) is 10.2 Å². The minimum absolute atomic E-state index is 0.146. The fourth-order valence-electron chi connectivity index (χ4n) is 0.891. The molecule has 0 aliphatic heterocycles. The molecule has 1 rings (SSSR count). The van der Waals surface area contributed by atoms with E-state index in [1.165, 1.54) is 18.2 Å². The number of rotatable bonds is 4. The average molecular weight is 198 g/mol. The van der Waals surface area contributed by atoms with Crippen molar-refractivity contribution >= 4 is 5.91 Å². The molecule has 0 saturated heterocycles. The first-order valence-corrected chi connectivity index (χ1v) is 4.10. The molecular weight excluding hydrogens is 187 g/mol. The van der Waals surface area contributed by atoms with Gasteiger partial charge in [0.25, 0.3) is 0 Å². The molecule has 4 nitrogen and oxygen atoms in total. The summed E-state index contributed by atoms with van der Waals surface area (Å²) in [6.45, 7) is 0.173. The van der Waals surface area contributed by atoms with Gasteiger partial charge in [0, 0.05) is 6.07 Å². The molecule has 0 bridgehead atoms. The number of amides is 1. The Hall–Kier alpha value is -1.62. The molecule has 14 heavy (non-hydrogen) atoms. The number of benzene rings is 1. The molecule has 1 aromatic carbocycles. The molecule has 0 spiro atoms. The van der Waals surface area contributed by atoms with E-state index in [0.29, 0.717) is 5.75 Å². The van der Waals surface area contributed by atoms with E-state index in [4.69, 9.17) is 10.6 Å². The SMILES string of the molecule is NNC(=O)CCOc1cccc(F)c1. The van der Waals surface area contributed by atoms with Gasteiger partial charge in [-0.15, -0.1) is 0 Å². The number of hydrogen-bond donors (Lipinski definition) is 2. The van der Waals surface area contributed by atoms with E-state index in [0.717, 1.165) is 0 Å². The topological polar surface area (TPSA) is 64.3 Å². The van der Waals surface area contributed by atoms with Crippen LogP contribution in [0, 0.1) is 5.82 Å². The number of hydrogen-bond acceptors (Lipinski definition) is 3. The molecule has 1 amide bonds. The molecule has 76 valence electrons. The van der Waals surface area contributed by atoms with Crippen molar-refractivity contribution in [3.8, 4) is 5.75 Å². The highest BCUT2D eigenvalue weighted by molar-refractivity contribution is 5.75. The number of hydrazine groups is 1. The lowest BCUT2D eigenvalue weighted by Crippen LogP contribution is -2.31. The van der Waals surface area contributed by atoms with Crippen molar-refractivity contribution in [2.24, 2.45) is 5.84 Å². The Morgan fingerprint density at radius 1 is 1.57 bits per heavy atom. The van der Waals surface area contributed by atoms with Crippen molar-refractivity contribution < 1.29 is 13.9 Å². The van der Waals surface area contributed by atoms with Gasteiger partial charge in [-0.2, -0.15) is 0 Å². The fourth-order valence-corrected chi connectivity index (χ4v) is 0.891. The zero-order chi connectivity index (χ0) is 10.4. The van der Waals surface area contributed by atoms with Crippen LogP contribution in [0.1, 0.15) is 6.42 Å². The van der Waals surface area contributed by atoms with Gasteiger partial charge in [0.05, 0.1) is 13.0 Å². The summed E-state index contributed by atoms with van der Waals surface area (Å²) in [6, 6.07) is 5.72. The molecule has 0 radical (unpaired) electrons. The van der Waals surface area contributed by atoms with E-state index in [1.54, 1.807) is 6.07 Å². The molecule has 0 unspecified atom stereocenters. The smallest absolute Gasteiger partial charge is 0.237 e. The summed E-state index contributed by atoms with van der Waals surface area (Å²) in [5.74, 6) is 4.57. The number of carbonyl (C=O) groups is 1. The van der Waals surface area contributed by atoms with Crippen LogP contribution in [-0.4, -0.2) is 12.5 Å². The van der Waals surface area contributed by atoms with Crippen LogP contribution in [0.15, 0.2) is 24.3 Å². The van der Waals surface area contributed by atoms with Gasteiger partial charge in [-0.05, 0) is 12.1 Å². The van der Waals surface area contributed by atoms with Crippen molar-refractivity contribution in [1.82, 2.24) is 5.43 Å². The van der Waals surface area contributed by atoms with E-state index in [1.807, 2.05) is 5.43 Å². The van der Waals surface area contributed by atoms with Crippen molar-refractivity contribution in [2.75, 3.05) is 6.61 Å². The first kappa shape index (κ1) is 10.5. The summed E-state index contributed by atoms with van der Waals surface area (Å²) in [5, 5.41) is 0. The Labute approximate surface area is 80.8 Å². The summed E-state index contributed by atoms with van der Waals surface area (Å²) in [7, 11) is 0. The third-order valence-electron chi connectivity index (χ3n) is 1.55. The fraction of sp³-hybridized carbons (Fsp3) is 0.222. The normalized spacial score (nSPS) is 9.57. The quantitative estimate of drug-likeness (QED) is 0.422. The van der Waals surface area contributed by atoms with Crippen LogP contribution < -0.4 is 16.0 Å². The van der Waals surface area contributed by atoms with Crippen LogP contribution in [0.4, 0.5) is 4.39 Å². The zero-order valence-corrected chi connectivity index (χ0v) is 7.50. The van der Waals surface area contributed by atoms with Crippen LogP contribution in [0.2, 0.25) is 0 Å². The number of nitrogens with one attached hydrogen (secondary N) is 1. The Morgan fingerprint density at radius 2 is 2.36 bits per heavy atom. The zero-order valence-electron chi connectivity index (χ0n) is 7.50. The second kappa shape index (κ2) is 5.18. The molecule has 0 saturated carbocycles. The molecule has 0 atom stereocenters.